The summed E-state index contributed by atoms with van der Waals surface area (Å²) >= 11 is 0. The molecular weight excluding hydrogens is 689 g/mol. The van der Waals surface area contributed by atoms with Crippen molar-refractivity contribution in [2.75, 3.05) is 0 Å². The molecule has 9 heteroatoms. The van der Waals surface area contributed by atoms with Gasteiger partial charge in [0, 0.05) is 26.3 Å². The van der Waals surface area contributed by atoms with E-state index in [2.05, 4.69) is 49.0 Å². The first-order chi connectivity index (χ1) is 19.8. The Labute approximate surface area is 261 Å². The molecule has 9 fully saturated rings. The van der Waals surface area contributed by atoms with Crippen molar-refractivity contribution in [1.82, 2.24) is 42.5 Å². The molecule has 8 nitrogen and oxygen atoms in total. The van der Waals surface area contributed by atoms with E-state index in [9.17, 15) is 0 Å². The maximum Gasteiger partial charge on any atom is 0.0628 e. The van der Waals surface area contributed by atoms with Gasteiger partial charge in [-0.05, 0) is 80.0 Å². The Morgan fingerprint density at radius 3 is 0.927 bits per heavy atom. The van der Waals surface area contributed by atoms with Gasteiger partial charge in [-0.3, -0.25) is 42.5 Å². The molecule has 41 heavy (non-hydrogen) atoms. The molecule has 4 saturated carbocycles. The van der Waals surface area contributed by atoms with Crippen LogP contribution in [0, 0.1) is 53.8 Å². The predicted octanol–water partition coefficient (Wildman–Crippen LogP) is 2.42. The van der Waals surface area contributed by atoms with Crippen molar-refractivity contribution in [3.63, 3.8) is 0 Å². The van der Waals surface area contributed by atoms with Gasteiger partial charge in [0.15, 0.2) is 0 Å². The summed E-state index contributed by atoms with van der Waals surface area (Å²) in [5, 5.41) is 33.7. The molecule has 0 spiro atoms. The summed E-state index contributed by atoms with van der Waals surface area (Å²) < 4.78 is 0. The van der Waals surface area contributed by atoms with Gasteiger partial charge < -0.3 is 6.42 Å². The second-order valence-corrected chi connectivity index (χ2v) is 15.4. The van der Waals surface area contributed by atoms with Crippen LogP contribution in [0.4, 0.5) is 0 Å². The molecule has 233 valence electrons. The van der Waals surface area contributed by atoms with E-state index in [1.54, 1.807) is 0 Å². The topological polar surface area (TPSA) is 96.2 Å². The van der Waals surface area contributed by atoms with E-state index in [4.69, 9.17) is 0 Å². The Bertz CT molecular complexity index is 716. The minimum Gasteiger partial charge on any atom is -0.322 e. The van der Waals surface area contributed by atoms with Gasteiger partial charge in [-0.15, -0.1) is 5.92 Å². The maximum absolute atomic E-state index is 4.25. The molecule has 16 unspecified atom stereocenters. The van der Waals surface area contributed by atoms with Crippen LogP contribution in [-0.4, -0.2) is 49.3 Å². The summed E-state index contributed by atoms with van der Waals surface area (Å²) in [6, 6.07) is 0. The van der Waals surface area contributed by atoms with Crippen LogP contribution in [0.3, 0.4) is 0 Å². The van der Waals surface area contributed by atoms with E-state index in [-0.39, 0.29) is 20.1 Å². The Morgan fingerprint density at radius 1 is 0.317 bits per heavy atom. The third kappa shape index (κ3) is 5.05. The van der Waals surface area contributed by atoms with Gasteiger partial charge in [0.25, 0.3) is 0 Å². The van der Waals surface area contributed by atoms with E-state index in [1.165, 1.54) is 96.3 Å². The molecule has 0 amide bonds. The van der Waals surface area contributed by atoms with Crippen molar-refractivity contribution in [2.24, 2.45) is 47.3 Å². The second-order valence-electron chi connectivity index (χ2n) is 15.4. The zero-order chi connectivity index (χ0) is 26.2. The van der Waals surface area contributed by atoms with E-state index >= 15 is 0 Å². The largest absolute Gasteiger partial charge is 0.322 e. The van der Waals surface area contributed by atoms with E-state index in [0.29, 0.717) is 61.2 Å². The maximum atomic E-state index is 4.25. The van der Waals surface area contributed by atoms with Crippen molar-refractivity contribution in [1.29, 1.82) is 0 Å². The molecular formula is C32H55IrN8-. The molecule has 0 aromatic heterocycles. The molecule has 0 aromatic rings. The molecule has 4 aliphatic carbocycles. The van der Waals surface area contributed by atoms with Gasteiger partial charge in [0.1, 0.15) is 0 Å². The molecule has 16 atom stereocenters. The van der Waals surface area contributed by atoms with Crippen molar-refractivity contribution in [2.45, 2.75) is 146 Å². The molecule has 9 aliphatic rings. The molecule has 5 heterocycles. The zero-order valence-corrected chi connectivity index (χ0v) is 27.2. The Balaban J connectivity index is 0.00000256. The third-order valence-corrected chi connectivity index (χ3v) is 13.6. The van der Waals surface area contributed by atoms with Crippen molar-refractivity contribution < 1.29 is 20.1 Å². The molecule has 1 radical (unpaired) electrons. The Hall–Kier alpha value is 0.329. The summed E-state index contributed by atoms with van der Waals surface area (Å²) in [5.41, 5.74) is 0. The minimum absolute atomic E-state index is 0. The smallest absolute Gasteiger partial charge is 0.0628 e. The van der Waals surface area contributed by atoms with E-state index < -0.39 is 0 Å². The van der Waals surface area contributed by atoms with E-state index in [0.717, 1.165) is 35.5 Å². The van der Waals surface area contributed by atoms with E-state index in [1.807, 2.05) is 0 Å². The van der Waals surface area contributed by atoms with Crippen LogP contribution in [0.5, 0.6) is 0 Å². The Kier molecular flexibility index (Phi) is 8.37. The van der Waals surface area contributed by atoms with Gasteiger partial charge in [-0.1, -0.05) is 51.4 Å². The van der Waals surface area contributed by atoms with Crippen LogP contribution in [0.25, 0.3) is 0 Å². The van der Waals surface area contributed by atoms with Crippen LogP contribution in [-0.2, 0) is 20.1 Å². The second kappa shape index (κ2) is 11.9. The fourth-order valence-electron chi connectivity index (χ4n) is 11.7. The molecule has 5 saturated heterocycles. The number of hydrogen-bond donors (Lipinski definition) is 8. The monoisotopic (exact) mass is 744 g/mol. The first kappa shape index (κ1) is 28.8. The van der Waals surface area contributed by atoms with Crippen molar-refractivity contribution in [3.8, 4) is 0 Å². The van der Waals surface area contributed by atoms with Gasteiger partial charge in [0.05, 0.1) is 43.2 Å². The molecule has 5 aliphatic heterocycles. The van der Waals surface area contributed by atoms with Crippen LogP contribution in [0.2, 0.25) is 0 Å². The number of fused-ring (bicyclic) bond motifs is 20. The molecule has 8 bridgehead atoms. The molecule has 9 rings (SSSR count). The third-order valence-electron chi connectivity index (χ3n) is 13.6. The first-order valence-electron chi connectivity index (χ1n) is 17.7. The Morgan fingerprint density at radius 2 is 0.585 bits per heavy atom. The van der Waals surface area contributed by atoms with Gasteiger partial charge in [0.2, 0.25) is 0 Å². The quantitative estimate of drug-likeness (QED) is 0.180. The number of nitrogens with one attached hydrogen (secondary N) is 8. The molecule has 8 N–H and O–H groups in total. The summed E-state index contributed by atoms with van der Waals surface area (Å²) in [6.45, 7) is 0. The fourth-order valence-corrected chi connectivity index (χ4v) is 11.7. The average Bonchev–Trinajstić information content (AvgIpc) is 3.73. The SMILES string of the molecule is [CH-]1CCCC2C3NC(NC4NC(NC5NC(NC6NC(N3)C3CCCCC63)C3CCCCC53)C3CCCCC43)C12.[Ir]. The summed E-state index contributed by atoms with van der Waals surface area (Å²) in [5.74, 6) is 5.74. The summed E-state index contributed by atoms with van der Waals surface area (Å²) in [6.07, 6.45) is 26.4. The standard InChI is InChI=1S/C32H55N8.Ir/c1-2-10-18-17(9-1)25-33-26(18)38-28-21-13-5-6-14-22(21)30(35-28)40-32-24-16-8-7-15-23(24)31(36-32)39-29-20-12-4-3-11-19(20)27(34-29)37-25;/h9,17-40H,1-8,10-16H2;/q-1;. The van der Waals surface area contributed by atoms with Crippen LogP contribution in [0.1, 0.15) is 96.3 Å². The van der Waals surface area contributed by atoms with Gasteiger partial charge in [-0.25, -0.2) is 0 Å². The summed E-state index contributed by atoms with van der Waals surface area (Å²) in [4.78, 5) is 0. The number of rotatable bonds is 0. The predicted molar refractivity (Wildman–Crippen MR) is 157 cm³/mol. The fraction of sp³-hybridized carbons (Fsp3) is 0.969. The van der Waals surface area contributed by atoms with Crippen LogP contribution in [0.15, 0.2) is 0 Å². The zero-order valence-electron chi connectivity index (χ0n) is 24.8. The minimum atomic E-state index is 0. The number of hydrogen-bond acceptors (Lipinski definition) is 8. The van der Waals surface area contributed by atoms with Crippen molar-refractivity contribution >= 4 is 0 Å². The normalized spacial score (nSPS) is 56.2. The molecule has 0 aromatic carbocycles. The van der Waals surface area contributed by atoms with Crippen molar-refractivity contribution in [3.05, 3.63) is 6.42 Å². The van der Waals surface area contributed by atoms with Crippen LogP contribution < -0.4 is 42.5 Å². The summed E-state index contributed by atoms with van der Waals surface area (Å²) in [7, 11) is 0. The van der Waals surface area contributed by atoms with Gasteiger partial charge in [-0.2, -0.15) is 6.42 Å². The van der Waals surface area contributed by atoms with Crippen LogP contribution >= 0.6 is 0 Å². The first-order valence-corrected chi connectivity index (χ1v) is 17.7. The average molecular weight is 744 g/mol. The van der Waals surface area contributed by atoms with Gasteiger partial charge >= 0.3 is 0 Å².